The van der Waals surface area contributed by atoms with Crippen molar-refractivity contribution in [2.75, 3.05) is 0 Å². The summed E-state index contributed by atoms with van der Waals surface area (Å²) < 4.78 is 0. The van der Waals surface area contributed by atoms with Crippen LogP contribution >= 0.6 is 0 Å². The van der Waals surface area contributed by atoms with E-state index in [-0.39, 0.29) is 6.10 Å². The van der Waals surface area contributed by atoms with Crippen molar-refractivity contribution in [1.29, 1.82) is 0 Å². The number of hydrogen-bond donors (Lipinski definition) is 1. The van der Waals surface area contributed by atoms with E-state index in [1.165, 1.54) is 5.56 Å². The van der Waals surface area contributed by atoms with Gasteiger partial charge in [0.05, 0.1) is 6.10 Å². The Morgan fingerprint density at radius 1 is 1.22 bits per heavy atom. The number of aryl methyl sites for hydroxylation is 1. The fourth-order valence-corrected chi connectivity index (χ4v) is 2.67. The van der Waals surface area contributed by atoms with Gasteiger partial charge in [0.2, 0.25) is 0 Å². The van der Waals surface area contributed by atoms with Crippen LogP contribution in [0.3, 0.4) is 0 Å². The second kappa shape index (κ2) is 6.38. The molecule has 1 aromatic rings. The molecule has 0 spiro atoms. The molecule has 1 rings (SSSR count). The molecule has 0 fully saturated rings. The van der Waals surface area contributed by atoms with E-state index in [0.29, 0.717) is 11.3 Å². The first-order chi connectivity index (χ1) is 8.31. The van der Waals surface area contributed by atoms with Gasteiger partial charge in [0.25, 0.3) is 0 Å². The van der Waals surface area contributed by atoms with Crippen molar-refractivity contribution < 1.29 is 5.11 Å². The third-order valence-electron chi connectivity index (χ3n) is 3.33. The van der Waals surface area contributed by atoms with Gasteiger partial charge in [-0.3, -0.25) is 0 Å². The van der Waals surface area contributed by atoms with Gasteiger partial charge >= 0.3 is 0 Å². The van der Waals surface area contributed by atoms with Crippen molar-refractivity contribution in [1.82, 2.24) is 0 Å². The Bertz CT molecular complexity index is 362. The highest BCUT2D eigenvalue weighted by Crippen LogP contribution is 2.30. The van der Waals surface area contributed by atoms with Crippen molar-refractivity contribution in [3.63, 3.8) is 0 Å². The third-order valence-corrected chi connectivity index (χ3v) is 3.33. The summed E-state index contributed by atoms with van der Waals surface area (Å²) in [6.45, 7) is 11.2. The van der Waals surface area contributed by atoms with Crippen molar-refractivity contribution in [3.05, 3.63) is 35.4 Å². The summed E-state index contributed by atoms with van der Waals surface area (Å²) in [5.41, 5.74) is 2.70. The molecule has 0 aliphatic rings. The Kier molecular flexibility index (Phi) is 5.40. The number of rotatable bonds is 5. The van der Waals surface area contributed by atoms with E-state index in [2.05, 4.69) is 46.8 Å². The second-order valence-electron chi connectivity index (χ2n) is 6.72. The zero-order valence-corrected chi connectivity index (χ0v) is 12.5. The zero-order chi connectivity index (χ0) is 13.8. The van der Waals surface area contributed by atoms with E-state index in [1.807, 2.05) is 12.1 Å². The standard InChI is InChI=1S/C17H28O/c1-6-14-8-7-9-15(11-14)16(18)10-13(2)12-17(3,4)5/h7-9,11,13,16,18H,6,10,12H2,1-5H3. The van der Waals surface area contributed by atoms with Gasteiger partial charge in [-0.2, -0.15) is 0 Å². The van der Waals surface area contributed by atoms with Gasteiger partial charge in [-0.05, 0) is 41.7 Å². The predicted molar refractivity (Wildman–Crippen MR) is 78.6 cm³/mol. The molecular weight excluding hydrogens is 220 g/mol. The lowest BCUT2D eigenvalue weighted by Crippen LogP contribution is -2.13. The molecule has 102 valence electrons. The molecule has 0 saturated carbocycles. The average Bonchev–Trinajstić information content (AvgIpc) is 2.26. The topological polar surface area (TPSA) is 20.2 Å². The maximum atomic E-state index is 10.3. The van der Waals surface area contributed by atoms with Gasteiger partial charge in [-0.15, -0.1) is 0 Å². The molecule has 0 radical (unpaired) electrons. The molecule has 1 heteroatoms. The van der Waals surface area contributed by atoms with E-state index >= 15 is 0 Å². The smallest absolute Gasteiger partial charge is 0.0792 e. The normalized spacial score (nSPS) is 15.4. The van der Waals surface area contributed by atoms with Gasteiger partial charge in [0, 0.05) is 0 Å². The molecule has 2 atom stereocenters. The van der Waals surface area contributed by atoms with Crippen molar-refractivity contribution in [3.8, 4) is 0 Å². The number of hydrogen-bond acceptors (Lipinski definition) is 1. The summed E-state index contributed by atoms with van der Waals surface area (Å²) in [5.74, 6) is 0.547. The van der Waals surface area contributed by atoms with Crippen LogP contribution in [0.4, 0.5) is 0 Å². The molecule has 1 N–H and O–H groups in total. The molecule has 0 aliphatic heterocycles. The van der Waals surface area contributed by atoms with Crippen LogP contribution in [0.5, 0.6) is 0 Å². The zero-order valence-electron chi connectivity index (χ0n) is 12.5. The first kappa shape index (κ1) is 15.2. The van der Waals surface area contributed by atoms with Gasteiger partial charge < -0.3 is 5.11 Å². The molecule has 0 aliphatic carbocycles. The highest BCUT2D eigenvalue weighted by atomic mass is 16.3. The first-order valence-electron chi connectivity index (χ1n) is 7.08. The average molecular weight is 248 g/mol. The Morgan fingerprint density at radius 2 is 1.89 bits per heavy atom. The number of aliphatic hydroxyl groups is 1. The van der Waals surface area contributed by atoms with Crippen LogP contribution in [0.2, 0.25) is 0 Å². The molecular formula is C17H28O. The molecule has 2 unspecified atom stereocenters. The number of aliphatic hydroxyl groups excluding tert-OH is 1. The fraction of sp³-hybridized carbons (Fsp3) is 0.647. The van der Waals surface area contributed by atoms with Gasteiger partial charge in [0.15, 0.2) is 0 Å². The molecule has 0 amide bonds. The van der Waals surface area contributed by atoms with Gasteiger partial charge in [-0.25, -0.2) is 0 Å². The Labute approximate surface area is 112 Å². The van der Waals surface area contributed by atoms with E-state index in [1.54, 1.807) is 0 Å². The van der Waals surface area contributed by atoms with Crippen molar-refractivity contribution >= 4 is 0 Å². The molecule has 0 bridgehead atoms. The predicted octanol–water partition coefficient (Wildman–Crippen LogP) is 4.74. The summed E-state index contributed by atoms with van der Waals surface area (Å²) in [7, 11) is 0. The fourth-order valence-electron chi connectivity index (χ4n) is 2.67. The monoisotopic (exact) mass is 248 g/mol. The summed E-state index contributed by atoms with van der Waals surface area (Å²) in [4.78, 5) is 0. The minimum atomic E-state index is -0.325. The Balaban J connectivity index is 2.61. The molecule has 0 saturated heterocycles. The largest absolute Gasteiger partial charge is 0.388 e. The van der Waals surface area contributed by atoms with Crippen LogP contribution in [0, 0.1) is 11.3 Å². The van der Waals surface area contributed by atoms with E-state index in [4.69, 9.17) is 0 Å². The summed E-state index contributed by atoms with van der Waals surface area (Å²) in [5, 5.41) is 10.3. The van der Waals surface area contributed by atoms with Gasteiger partial charge in [0.1, 0.15) is 0 Å². The minimum absolute atomic E-state index is 0.325. The number of benzene rings is 1. The summed E-state index contributed by atoms with van der Waals surface area (Å²) >= 11 is 0. The van der Waals surface area contributed by atoms with Crippen molar-refractivity contribution in [2.24, 2.45) is 11.3 Å². The maximum Gasteiger partial charge on any atom is 0.0792 e. The molecule has 1 aromatic carbocycles. The van der Waals surface area contributed by atoms with E-state index in [9.17, 15) is 5.11 Å². The van der Waals surface area contributed by atoms with Crippen LogP contribution in [0.25, 0.3) is 0 Å². The molecule has 18 heavy (non-hydrogen) atoms. The molecule has 0 aromatic heterocycles. The first-order valence-corrected chi connectivity index (χ1v) is 7.08. The summed E-state index contributed by atoms with van der Waals surface area (Å²) in [6, 6.07) is 8.34. The SMILES string of the molecule is CCc1cccc(C(O)CC(C)CC(C)(C)C)c1. The Morgan fingerprint density at radius 3 is 2.44 bits per heavy atom. The highest BCUT2D eigenvalue weighted by Gasteiger charge is 2.18. The van der Waals surface area contributed by atoms with Crippen LogP contribution in [0.15, 0.2) is 24.3 Å². The van der Waals surface area contributed by atoms with Crippen LogP contribution in [-0.4, -0.2) is 5.11 Å². The van der Waals surface area contributed by atoms with Crippen LogP contribution < -0.4 is 0 Å². The van der Waals surface area contributed by atoms with E-state index in [0.717, 1.165) is 24.8 Å². The van der Waals surface area contributed by atoms with Crippen LogP contribution in [0.1, 0.15) is 64.7 Å². The lowest BCUT2D eigenvalue weighted by atomic mass is 9.82. The van der Waals surface area contributed by atoms with Gasteiger partial charge in [-0.1, -0.05) is 58.9 Å². The molecule has 0 heterocycles. The summed E-state index contributed by atoms with van der Waals surface area (Å²) in [6.07, 6.45) is 2.70. The van der Waals surface area contributed by atoms with E-state index < -0.39 is 0 Å². The lowest BCUT2D eigenvalue weighted by Gasteiger charge is -2.25. The van der Waals surface area contributed by atoms with Crippen LogP contribution in [-0.2, 0) is 6.42 Å². The third kappa shape index (κ3) is 5.22. The van der Waals surface area contributed by atoms with Crippen molar-refractivity contribution in [2.45, 2.75) is 60.0 Å². The molecule has 1 nitrogen and oxygen atoms in total. The maximum absolute atomic E-state index is 10.3. The highest BCUT2D eigenvalue weighted by molar-refractivity contribution is 5.25. The lowest BCUT2D eigenvalue weighted by molar-refractivity contribution is 0.134. The Hall–Kier alpha value is -0.820. The minimum Gasteiger partial charge on any atom is -0.388 e. The second-order valence-corrected chi connectivity index (χ2v) is 6.72. The quantitative estimate of drug-likeness (QED) is 0.797.